The molecular weight excluding hydrogens is 205 g/mol. The fourth-order valence-corrected chi connectivity index (χ4v) is 1.86. The van der Waals surface area contributed by atoms with E-state index in [9.17, 15) is 13.2 Å². The quantitative estimate of drug-likeness (QED) is 0.789. The second-order valence-electron chi connectivity index (χ2n) is 4.25. The number of nitrogens with one attached hydrogen (secondary N) is 1. The lowest BCUT2D eigenvalue weighted by Gasteiger charge is -2.17. The summed E-state index contributed by atoms with van der Waals surface area (Å²) in [6.07, 6.45) is -1.75. The van der Waals surface area contributed by atoms with Gasteiger partial charge in [-0.05, 0) is 39.4 Å². The molecule has 2 nitrogen and oxygen atoms in total. The zero-order valence-corrected chi connectivity index (χ0v) is 9.11. The highest BCUT2D eigenvalue weighted by atomic mass is 19.4. The average Bonchev–Trinajstić information content (AvgIpc) is 2.29. The van der Waals surface area contributed by atoms with Gasteiger partial charge in [0.25, 0.3) is 0 Å². The van der Waals surface area contributed by atoms with Crippen LogP contribution in [0.1, 0.15) is 25.7 Å². The Morgan fingerprint density at radius 2 is 2.00 bits per heavy atom. The van der Waals surface area contributed by atoms with Crippen molar-refractivity contribution in [2.45, 2.75) is 37.9 Å². The molecule has 0 spiro atoms. The molecule has 1 aliphatic heterocycles. The first kappa shape index (κ1) is 12.8. The van der Waals surface area contributed by atoms with Crippen molar-refractivity contribution in [3.05, 3.63) is 0 Å². The van der Waals surface area contributed by atoms with Crippen molar-refractivity contribution in [1.82, 2.24) is 10.2 Å². The number of halogens is 3. The minimum Gasteiger partial charge on any atom is -0.314 e. The van der Waals surface area contributed by atoms with Crippen LogP contribution in [0.4, 0.5) is 13.2 Å². The average molecular weight is 224 g/mol. The van der Waals surface area contributed by atoms with Crippen molar-refractivity contribution >= 4 is 0 Å². The van der Waals surface area contributed by atoms with Gasteiger partial charge < -0.3 is 10.2 Å². The maximum Gasteiger partial charge on any atom is 0.390 e. The van der Waals surface area contributed by atoms with Crippen molar-refractivity contribution in [2.75, 3.05) is 26.7 Å². The lowest BCUT2D eigenvalue weighted by Crippen LogP contribution is -2.33. The van der Waals surface area contributed by atoms with Crippen LogP contribution in [0.2, 0.25) is 0 Å². The Bertz CT molecular complexity index is 182. The van der Waals surface area contributed by atoms with E-state index in [1.54, 1.807) is 0 Å². The molecule has 1 heterocycles. The van der Waals surface area contributed by atoms with E-state index in [2.05, 4.69) is 17.3 Å². The van der Waals surface area contributed by atoms with Crippen molar-refractivity contribution < 1.29 is 13.2 Å². The van der Waals surface area contributed by atoms with Crippen LogP contribution in [0, 0.1) is 0 Å². The summed E-state index contributed by atoms with van der Waals surface area (Å²) >= 11 is 0. The van der Waals surface area contributed by atoms with Gasteiger partial charge in [-0.25, -0.2) is 0 Å². The van der Waals surface area contributed by atoms with Crippen molar-refractivity contribution in [3.63, 3.8) is 0 Å². The largest absolute Gasteiger partial charge is 0.390 e. The van der Waals surface area contributed by atoms with E-state index >= 15 is 0 Å². The molecule has 0 aliphatic carbocycles. The van der Waals surface area contributed by atoms with Gasteiger partial charge in [-0.2, -0.15) is 13.2 Å². The highest BCUT2D eigenvalue weighted by molar-refractivity contribution is 4.73. The van der Waals surface area contributed by atoms with Gasteiger partial charge in [0.15, 0.2) is 0 Å². The molecule has 0 aromatic heterocycles. The van der Waals surface area contributed by atoms with E-state index in [4.69, 9.17) is 0 Å². The Morgan fingerprint density at radius 3 is 2.67 bits per heavy atom. The smallest absolute Gasteiger partial charge is 0.314 e. The Morgan fingerprint density at radius 1 is 1.27 bits per heavy atom. The summed E-state index contributed by atoms with van der Waals surface area (Å²) < 4.78 is 35.7. The van der Waals surface area contributed by atoms with E-state index in [1.165, 1.54) is 0 Å². The molecule has 0 amide bonds. The third-order valence-corrected chi connectivity index (χ3v) is 2.79. The fourth-order valence-electron chi connectivity index (χ4n) is 1.86. The SMILES string of the molecule is CN1CCCC(NCCC(F)(F)F)CC1. The summed E-state index contributed by atoms with van der Waals surface area (Å²) in [6, 6.07) is 0.261. The molecule has 0 bridgehead atoms. The summed E-state index contributed by atoms with van der Waals surface area (Å²) in [5, 5.41) is 2.99. The van der Waals surface area contributed by atoms with Crippen LogP contribution >= 0.6 is 0 Å². The maximum atomic E-state index is 11.9. The molecule has 1 saturated heterocycles. The van der Waals surface area contributed by atoms with Crippen LogP contribution in [0.25, 0.3) is 0 Å². The van der Waals surface area contributed by atoms with E-state index in [1.807, 2.05) is 0 Å². The third-order valence-electron chi connectivity index (χ3n) is 2.79. The molecule has 0 aromatic rings. The zero-order chi connectivity index (χ0) is 11.3. The Labute approximate surface area is 88.8 Å². The first-order valence-electron chi connectivity index (χ1n) is 5.46. The maximum absolute atomic E-state index is 11.9. The van der Waals surface area contributed by atoms with Crippen LogP contribution in [0.3, 0.4) is 0 Å². The number of nitrogens with zero attached hydrogens (tertiary/aromatic N) is 1. The number of alkyl halides is 3. The monoisotopic (exact) mass is 224 g/mol. The van der Waals surface area contributed by atoms with Gasteiger partial charge in [0.2, 0.25) is 0 Å². The van der Waals surface area contributed by atoms with Crippen molar-refractivity contribution in [3.8, 4) is 0 Å². The Kier molecular flexibility index (Phi) is 4.86. The molecular formula is C10H19F3N2. The summed E-state index contributed by atoms with van der Waals surface area (Å²) in [6.45, 7) is 2.08. The second-order valence-corrected chi connectivity index (χ2v) is 4.25. The standard InChI is InChI=1S/C10H19F3N2/c1-15-7-2-3-9(4-8-15)14-6-5-10(11,12)13/h9,14H,2-8H2,1H3. The lowest BCUT2D eigenvalue weighted by molar-refractivity contribution is -0.133. The van der Waals surface area contributed by atoms with Crippen LogP contribution in [0.5, 0.6) is 0 Å². The molecule has 1 fully saturated rings. The van der Waals surface area contributed by atoms with Crippen molar-refractivity contribution in [2.24, 2.45) is 0 Å². The fraction of sp³-hybridized carbons (Fsp3) is 1.00. The predicted octanol–water partition coefficient (Wildman–Crippen LogP) is 2.01. The minimum absolute atomic E-state index is 0.0535. The molecule has 90 valence electrons. The number of hydrogen-bond acceptors (Lipinski definition) is 2. The highest BCUT2D eigenvalue weighted by Gasteiger charge is 2.26. The van der Waals surface area contributed by atoms with Gasteiger partial charge in [-0.15, -0.1) is 0 Å². The number of rotatable bonds is 3. The molecule has 1 rings (SSSR count). The van der Waals surface area contributed by atoms with E-state index < -0.39 is 12.6 Å². The predicted molar refractivity (Wildman–Crippen MR) is 53.8 cm³/mol. The number of likely N-dealkylation sites (tertiary alicyclic amines) is 1. The summed E-state index contributed by atoms with van der Waals surface area (Å²) in [5.74, 6) is 0. The topological polar surface area (TPSA) is 15.3 Å². The van der Waals surface area contributed by atoms with E-state index in [-0.39, 0.29) is 12.6 Å². The first-order valence-corrected chi connectivity index (χ1v) is 5.46. The Hall–Kier alpha value is -0.290. The highest BCUT2D eigenvalue weighted by Crippen LogP contribution is 2.18. The van der Waals surface area contributed by atoms with Gasteiger partial charge in [-0.3, -0.25) is 0 Å². The normalized spacial score (nSPS) is 25.2. The van der Waals surface area contributed by atoms with Crippen LogP contribution in [0.15, 0.2) is 0 Å². The van der Waals surface area contributed by atoms with E-state index in [0.29, 0.717) is 0 Å². The van der Waals surface area contributed by atoms with Gasteiger partial charge in [0.05, 0.1) is 6.42 Å². The third kappa shape index (κ3) is 5.99. The summed E-state index contributed by atoms with van der Waals surface area (Å²) in [7, 11) is 2.05. The van der Waals surface area contributed by atoms with Crippen LogP contribution < -0.4 is 5.32 Å². The molecule has 0 saturated carbocycles. The molecule has 1 N–H and O–H groups in total. The summed E-state index contributed by atoms with van der Waals surface area (Å²) in [5.41, 5.74) is 0. The van der Waals surface area contributed by atoms with Crippen LogP contribution in [-0.2, 0) is 0 Å². The Balaban J connectivity index is 2.15. The molecule has 0 aromatic carbocycles. The minimum atomic E-state index is -4.03. The summed E-state index contributed by atoms with van der Waals surface area (Å²) in [4.78, 5) is 2.23. The number of hydrogen-bond donors (Lipinski definition) is 1. The van der Waals surface area contributed by atoms with Gasteiger partial charge >= 0.3 is 6.18 Å². The molecule has 1 unspecified atom stereocenters. The molecule has 15 heavy (non-hydrogen) atoms. The molecule has 0 radical (unpaired) electrons. The zero-order valence-electron chi connectivity index (χ0n) is 9.11. The van der Waals surface area contributed by atoms with Crippen LogP contribution in [-0.4, -0.2) is 43.8 Å². The first-order chi connectivity index (χ1) is 6.97. The second kappa shape index (κ2) is 5.70. The molecule has 5 heteroatoms. The lowest BCUT2D eigenvalue weighted by atomic mass is 10.1. The van der Waals surface area contributed by atoms with E-state index in [0.717, 1.165) is 32.4 Å². The molecule has 1 atom stereocenters. The van der Waals surface area contributed by atoms with Gasteiger partial charge in [-0.1, -0.05) is 0 Å². The van der Waals surface area contributed by atoms with Gasteiger partial charge in [0.1, 0.15) is 0 Å². The van der Waals surface area contributed by atoms with Gasteiger partial charge in [0, 0.05) is 12.6 Å². The molecule has 1 aliphatic rings. The van der Waals surface area contributed by atoms with Crippen molar-refractivity contribution in [1.29, 1.82) is 0 Å².